The molecule has 0 spiro atoms. The minimum absolute atomic E-state index is 1.07. The Morgan fingerprint density at radius 1 is 1.18 bits per heavy atom. The molecule has 2 heteroatoms. The van der Waals surface area contributed by atoms with E-state index in [2.05, 4.69) is 9.98 Å². The van der Waals surface area contributed by atoms with Crippen LogP contribution in [-0.2, 0) is 0 Å². The highest BCUT2D eigenvalue weighted by atomic mass is 14.7. The summed E-state index contributed by atoms with van der Waals surface area (Å²) in [5, 5.41) is 0. The third-order valence-corrected chi connectivity index (χ3v) is 1.76. The lowest BCUT2D eigenvalue weighted by molar-refractivity contribution is 1.59. The number of hydrogen-bond acceptors (Lipinski definition) is 2. The van der Waals surface area contributed by atoms with Crippen LogP contribution in [0, 0.1) is 0 Å². The smallest absolute Gasteiger partial charge is 0.0452 e. The molecule has 2 heterocycles. The molecule has 11 heavy (non-hydrogen) atoms. The Hall–Kier alpha value is -1.44. The van der Waals surface area contributed by atoms with Crippen LogP contribution >= 0.6 is 0 Å². The average Bonchev–Trinajstić information content (AvgIpc) is 2.55. The van der Waals surface area contributed by atoms with E-state index < -0.39 is 0 Å². The zero-order valence-corrected chi connectivity index (χ0v) is 6.28. The first-order chi connectivity index (χ1) is 5.38. The van der Waals surface area contributed by atoms with E-state index in [9.17, 15) is 0 Å². The van der Waals surface area contributed by atoms with Crippen LogP contribution in [0.1, 0.15) is 6.92 Å². The van der Waals surface area contributed by atoms with Gasteiger partial charge in [0.15, 0.2) is 0 Å². The highest BCUT2D eigenvalue weighted by Crippen LogP contribution is 2.16. The van der Waals surface area contributed by atoms with Gasteiger partial charge in [-0.2, -0.15) is 0 Å². The Morgan fingerprint density at radius 2 is 2.09 bits per heavy atom. The molecule has 0 N–H and O–H groups in total. The van der Waals surface area contributed by atoms with Gasteiger partial charge in [-0.3, -0.25) is 9.98 Å². The van der Waals surface area contributed by atoms with Gasteiger partial charge in [0.1, 0.15) is 0 Å². The van der Waals surface area contributed by atoms with Gasteiger partial charge in [0.2, 0.25) is 0 Å². The fourth-order valence-corrected chi connectivity index (χ4v) is 1.17. The fraction of sp³-hybridized carbons (Fsp3) is 0.111. The summed E-state index contributed by atoms with van der Waals surface area (Å²) in [5.74, 6) is 0. The van der Waals surface area contributed by atoms with Crippen LogP contribution in [-0.4, -0.2) is 11.9 Å². The molecule has 0 unspecified atom stereocenters. The predicted molar refractivity (Wildman–Crippen MR) is 46.9 cm³/mol. The lowest BCUT2D eigenvalue weighted by Crippen LogP contribution is -1.94. The summed E-state index contributed by atoms with van der Waals surface area (Å²) in [4.78, 5) is 8.14. The molecule has 0 saturated heterocycles. The molecule has 0 atom stereocenters. The highest BCUT2D eigenvalue weighted by molar-refractivity contribution is 6.09. The number of hydrogen-bond donors (Lipinski definition) is 0. The summed E-state index contributed by atoms with van der Waals surface area (Å²) in [6.45, 7) is 2.00. The van der Waals surface area contributed by atoms with Crippen molar-refractivity contribution in [2.75, 3.05) is 0 Å². The Balaban J connectivity index is 2.48. The first-order valence-corrected chi connectivity index (χ1v) is 3.53. The zero-order valence-electron chi connectivity index (χ0n) is 6.28. The van der Waals surface area contributed by atoms with E-state index in [0.29, 0.717) is 0 Å². The van der Waals surface area contributed by atoms with Gasteiger partial charge in [0.25, 0.3) is 0 Å². The minimum Gasteiger partial charge on any atom is -0.264 e. The maximum absolute atomic E-state index is 4.14. The van der Waals surface area contributed by atoms with Crippen LogP contribution in [0.5, 0.6) is 0 Å². The second kappa shape index (κ2) is 2.31. The topological polar surface area (TPSA) is 24.7 Å². The molecule has 0 aromatic rings. The van der Waals surface area contributed by atoms with Crippen molar-refractivity contribution in [2.24, 2.45) is 9.98 Å². The Bertz CT molecular complexity index is 313. The standard InChI is InChI=1S/C9H8N2/c1-7-9(3-5-11-7)8-2-4-10-6-8/h2-6H,1H3. The summed E-state index contributed by atoms with van der Waals surface area (Å²) < 4.78 is 0. The summed E-state index contributed by atoms with van der Waals surface area (Å²) in [6, 6.07) is 0. The predicted octanol–water partition coefficient (Wildman–Crippen LogP) is 1.87. The van der Waals surface area contributed by atoms with E-state index in [0.717, 1.165) is 11.3 Å². The largest absolute Gasteiger partial charge is 0.264 e. The minimum atomic E-state index is 1.07. The van der Waals surface area contributed by atoms with Crippen molar-refractivity contribution in [3.8, 4) is 0 Å². The van der Waals surface area contributed by atoms with Gasteiger partial charge in [-0.05, 0) is 19.1 Å². The number of allylic oxidation sites excluding steroid dienone is 4. The van der Waals surface area contributed by atoms with Crippen molar-refractivity contribution >= 4 is 11.9 Å². The van der Waals surface area contributed by atoms with Crippen molar-refractivity contribution in [2.45, 2.75) is 6.92 Å². The van der Waals surface area contributed by atoms with E-state index in [1.165, 1.54) is 5.57 Å². The fourth-order valence-electron chi connectivity index (χ4n) is 1.17. The van der Waals surface area contributed by atoms with Gasteiger partial charge in [-0.15, -0.1) is 0 Å². The molecule has 0 fully saturated rings. The molecular weight excluding hydrogens is 136 g/mol. The summed E-state index contributed by atoms with van der Waals surface area (Å²) in [5.41, 5.74) is 3.40. The SMILES string of the molecule is CC1=NC=CC1=C1C=CN=C1. The molecule has 0 aliphatic carbocycles. The van der Waals surface area contributed by atoms with Crippen LogP contribution in [0.2, 0.25) is 0 Å². The lowest BCUT2D eigenvalue weighted by Gasteiger charge is -1.95. The first-order valence-electron chi connectivity index (χ1n) is 3.53. The van der Waals surface area contributed by atoms with Crippen LogP contribution in [0.25, 0.3) is 0 Å². The lowest BCUT2D eigenvalue weighted by atomic mass is 10.1. The van der Waals surface area contributed by atoms with Gasteiger partial charge in [0.05, 0.1) is 0 Å². The third-order valence-electron chi connectivity index (χ3n) is 1.76. The van der Waals surface area contributed by atoms with Gasteiger partial charge in [-0.1, -0.05) is 0 Å². The van der Waals surface area contributed by atoms with Crippen LogP contribution < -0.4 is 0 Å². The number of nitrogens with zero attached hydrogens (tertiary/aromatic N) is 2. The molecule has 2 nitrogen and oxygen atoms in total. The Labute approximate surface area is 65.4 Å². The van der Waals surface area contributed by atoms with Gasteiger partial charge >= 0.3 is 0 Å². The maximum Gasteiger partial charge on any atom is 0.0452 e. The molecule has 2 aliphatic heterocycles. The maximum atomic E-state index is 4.14. The molecule has 2 rings (SSSR count). The van der Waals surface area contributed by atoms with Crippen molar-refractivity contribution in [1.82, 2.24) is 0 Å². The Kier molecular flexibility index (Phi) is 1.32. The molecule has 0 aromatic heterocycles. The zero-order chi connectivity index (χ0) is 7.68. The molecular formula is C9H8N2. The molecule has 2 aliphatic rings. The third kappa shape index (κ3) is 0.963. The van der Waals surface area contributed by atoms with Crippen LogP contribution in [0.3, 0.4) is 0 Å². The van der Waals surface area contributed by atoms with Crippen molar-refractivity contribution in [3.05, 3.63) is 35.7 Å². The molecule has 0 radical (unpaired) electrons. The number of rotatable bonds is 0. The first kappa shape index (κ1) is 6.28. The van der Waals surface area contributed by atoms with Crippen molar-refractivity contribution in [3.63, 3.8) is 0 Å². The highest BCUT2D eigenvalue weighted by Gasteiger charge is 2.07. The van der Waals surface area contributed by atoms with Gasteiger partial charge in [0, 0.05) is 35.5 Å². The monoisotopic (exact) mass is 144 g/mol. The van der Waals surface area contributed by atoms with Gasteiger partial charge in [-0.25, -0.2) is 0 Å². The second-order valence-corrected chi connectivity index (χ2v) is 2.49. The number of aliphatic imine (C=N–C) groups is 2. The molecule has 0 saturated carbocycles. The normalized spacial score (nSPS) is 26.8. The van der Waals surface area contributed by atoms with E-state index in [4.69, 9.17) is 0 Å². The van der Waals surface area contributed by atoms with E-state index in [1.54, 1.807) is 6.20 Å². The van der Waals surface area contributed by atoms with Crippen molar-refractivity contribution in [1.29, 1.82) is 0 Å². The van der Waals surface area contributed by atoms with E-state index >= 15 is 0 Å². The van der Waals surface area contributed by atoms with E-state index in [1.807, 2.05) is 31.5 Å². The van der Waals surface area contributed by atoms with Gasteiger partial charge < -0.3 is 0 Å². The summed E-state index contributed by atoms with van der Waals surface area (Å²) in [6.07, 6.45) is 9.46. The molecule has 54 valence electrons. The average molecular weight is 144 g/mol. The molecule has 0 aromatic carbocycles. The Morgan fingerprint density at radius 3 is 2.64 bits per heavy atom. The summed E-state index contributed by atoms with van der Waals surface area (Å²) >= 11 is 0. The summed E-state index contributed by atoms with van der Waals surface area (Å²) in [7, 11) is 0. The van der Waals surface area contributed by atoms with Crippen LogP contribution in [0.15, 0.2) is 45.7 Å². The second-order valence-electron chi connectivity index (χ2n) is 2.49. The van der Waals surface area contributed by atoms with Crippen LogP contribution in [0.4, 0.5) is 0 Å². The van der Waals surface area contributed by atoms with Crippen molar-refractivity contribution < 1.29 is 0 Å². The molecule has 0 amide bonds. The van der Waals surface area contributed by atoms with E-state index in [-0.39, 0.29) is 0 Å². The molecule has 0 bridgehead atoms. The quantitative estimate of drug-likeness (QED) is 0.496.